The highest BCUT2D eigenvalue weighted by Gasteiger charge is 2.34. The highest BCUT2D eigenvalue weighted by molar-refractivity contribution is 9.11. The molecule has 0 aliphatic carbocycles. The Morgan fingerprint density at radius 3 is 2.64 bits per heavy atom. The zero-order chi connectivity index (χ0) is 10.2. The molecular formula is C8H11BBrNO2S. The molecule has 1 fully saturated rings. The number of thiazole rings is 1. The van der Waals surface area contributed by atoms with Gasteiger partial charge in [0.15, 0.2) is 3.92 Å². The van der Waals surface area contributed by atoms with Crippen molar-refractivity contribution >= 4 is 39.2 Å². The number of nitrogens with zero attached hydrogens (tertiary/aromatic N) is 1. The molecule has 2 heterocycles. The molecule has 0 unspecified atom stereocenters. The standard InChI is InChI=1S/C8H11BBrNO2S/c1-8(2)4-12-9(13-5-8)6-3-11-7(10)14-6/h3H,4-5H2,1-2H3. The predicted octanol–water partition coefficient (Wildman–Crippen LogP) is 1.67. The van der Waals surface area contributed by atoms with Gasteiger partial charge in [-0.05, 0) is 15.9 Å². The SMILES string of the molecule is CC1(C)COB(c2cnc(Br)s2)OC1. The molecule has 1 aliphatic heterocycles. The fourth-order valence-electron chi connectivity index (χ4n) is 1.23. The summed E-state index contributed by atoms with van der Waals surface area (Å²) in [6.07, 6.45) is 1.79. The van der Waals surface area contributed by atoms with Crippen LogP contribution in [0.4, 0.5) is 0 Å². The van der Waals surface area contributed by atoms with E-state index in [1.807, 2.05) is 0 Å². The minimum absolute atomic E-state index is 0.123. The molecular weight excluding hydrogens is 265 g/mol. The molecule has 0 aromatic carbocycles. The Bertz CT molecular complexity index is 321. The van der Waals surface area contributed by atoms with E-state index in [4.69, 9.17) is 9.31 Å². The molecule has 0 bridgehead atoms. The molecule has 6 heteroatoms. The Morgan fingerprint density at radius 1 is 1.50 bits per heavy atom. The van der Waals surface area contributed by atoms with Gasteiger partial charge in [-0.2, -0.15) is 0 Å². The molecule has 76 valence electrons. The Kier molecular flexibility index (Phi) is 2.97. The lowest BCUT2D eigenvalue weighted by atomic mass is 9.83. The lowest BCUT2D eigenvalue weighted by Gasteiger charge is -2.32. The molecule has 1 aromatic rings. The van der Waals surface area contributed by atoms with Gasteiger partial charge in [-0.1, -0.05) is 13.8 Å². The minimum atomic E-state index is -0.230. The molecule has 0 atom stereocenters. The van der Waals surface area contributed by atoms with E-state index in [9.17, 15) is 0 Å². The predicted molar refractivity (Wildman–Crippen MR) is 60.9 cm³/mol. The van der Waals surface area contributed by atoms with Crippen LogP contribution in [-0.2, 0) is 9.31 Å². The molecule has 0 N–H and O–H groups in total. The topological polar surface area (TPSA) is 31.4 Å². The Balaban J connectivity index is 2.02. The number of hydrogen-bond donors (Lipinski definition) is 0. The maximum absolute atomic E-state index is 5.62. The van der Waals surface area contributed by atoms with Crippen molar-refractivity contribution in [2.45, 2.75) is 13.8 Å². The molecule has 0 spiro atoms. The maximum Gasteiger partial charge on any atom is 0.506 e. The van der Waals surface area contributed by atoms with Crippen molar-refractivity contribution in [2.24, 2.45) is 5.41 Å². The first-order valence-electron chi connectivity index (χ1n) is 4.41. The van der Waals surface area contributed by atoms with Crippen molar-refractivity contribution < 1.29 is 9.31 Å². The minimum Gasteiger partial charge on any atom is -0.406 e. The molecule has 1 aromatic heterocycles. The number of hydrogen-bond acceptors (Lipinski definition) is 4. The van der Waals surface area contributed by atoms with E-state index in [-0.39, 0.29) is 12.5 Å². The summed E-state index contributed by atoms with van der Waals surface area (Å²) in [7, 11) is -0.230. The van der Waals surface area contributed by atoms with E-state index in [1.165, 1.54) is 0 Å². The van der Waals surface area contributed by atoms with Crippen LogP contribution in [-0.4, -0.2) is 25.3 Å². The van der Waals surface area contributed by atoms with Gasteiger partial charge in [0.05, 0.1) is 4.78 Å². The first-order valence-corrected chi connectivity index (χ1v) is 6.02. The second-order valence-corrected chi connectivity index (χ2v) is 6.47. The van der Waals surface area contributed by atoms with Gasteiger partial charge in [0.1, 0.15) is 0 Å². The van der Waals surface area contributed by atoms with Gasteiger partial charge in [0.25, 0.3) is 0 Å². The van der Waals surface area contributed by atoms with Gasteiger partial charge in [-0.25, -0.2) is 4.98 Å². The van der Waals surface area contributed by atoms with Crippen LogP contribution in [0.5, 0.6) is 0 Å². The first kappa shape index (κ1) is 10.6. The normalized spacial score (nSPS) is 21.2. The summed E-state index contributed by atoms with van der Waals surface area (Å²) in [5.41, 5.74) is 0.123. The molecule has 2 rings (SSSR count). The average Bonchev–Trinajstić information content (AvgIpc) is 2.52. The molecule has 0 saturated carbocycles. The third-order valence-corrected chi connectivity index (χ3v) is 3.48. The molecule has 1 aliphatic rings. The monoisotopic (exact) mass is 275 g/mol. The second kappa shape index (κ2) is 3.92. The summed E-state index contributed by atoms with van der Waals surface area (Å²) in [6.45, 7) is 5.72. The van der Waals surface area contributed by atoms with Crippen molar-refractivity contribution in [2.75, 3.05) is 13.2 Å². The zero-order valence-corrected chi connectivity index (χ0v) is 10.5. The van der Waals surface area contributed by atoms with Crippen LogP contribution in [0, 0.1) is 5.41 Å². The smallest absolute Gasteiger partial charge is 0.406 e. The van der Waals surface area contributed by atoms with Crippen LogP contribution in [0.2, 0.25) is 0 Å². The molecule has 0 amide bonds. The van der Waals surface area contributed by atoms with Crippen LogP contribution in [0.25, 0.3) is 0 Å². The van der Waals surface area contributed by atoms with Crippen LogP contribution >= 0.6 is 27.3 Å². The fourth-order valence-corrected chi connectivity index (χ4v) is 2.53. The van der Waals surface area contributed by atoms with Gasteiger partial charge in [0, 0.05) is 24.8 Å². The fraction of sp³-hybridized carbons (Fsp3) is 0.625. The second-order valence-electron chi connectivity index (χ2n) is 4.13. The summed E-state index contributed by atoms with van der Waals surface area (Å²) in [6, 6.07) is 0. The van der Waals surface area contributed by atoms with Crippen molar-refractivity contribution in [1.82, 2.24) is 4.98 Å². The number of aromatic nitrogens is 1. The van der Waals surface area contributed by atoms with E-state index < -0.39 is 0 Å². The summed E-state index contributed by atoms with van der Waals surface area (Å²) in [5, 5.41) is 0. The van der Waals surface area contributed by atoms with Crippen molar-refractivity contribution in [3.8, 4) is 0 Å². The van der Waals surface area contributed by atoms with Crippen molar-refractivity contribution in [1.29, 1.82) is 0 Å². The van der Waals surface area contributed by atoms with E-state index in [2.05, 4.69) is 34.8 Å². The molecule has 14 heavy (non-hydrogen) atoms. The summed E-state index contributed by atoms with van der Waals surface area (Å²) >= 11 is 4.87. The van der Waals surface area contributed by atoms with Crippen molar-refractivity contribution in [3.63, 3.8) is 0 Å². The van der Waals surface area contributed by atoms with Crippen LogP contribution in [0.3, 0.4) is 0 Å². The van der Waals surface area contributed by atoms with E-state index in [0.717, 1.165) is 21.9 Å². The first-order chi connectivity index (χ1) is 6.57. The van der Waals surface area contributed by atoms with E-state index in [0.29, 0.717) is 0 Å². The third kappa shape index (κ3) is 2.36. The van der Waals surface area contributed by atoms with Gasteiger partial charge in [-0.15, -0.1) is 11.3 Å². The van der Waals surface area contributed by atoms with Crippen LogP contribution < -0.4 is 4.78 Å². The van der Waals surface area contributed by atoms with Crippen molar-refractivity contribution in [3.05, 3.63) is 10.1 Å². The van der Waals surface area contributed by atoms with Gasteiger partial charge in [-0.3, -0.25) is 0 Å². The van der Waals surface area contributed by atoms with Gasteiger partial charge in [0.2, 0.25) is 0 Å². The summed E-state index contributed by atoms with van der Waals surface area (Å²) < 4.78 is 13.1. The molecule has 1 saturated heterocycles. The van der Waals surface area contributed by atoms with Crippen LogP contribution in [0.1, 0.15) is 13.8 Å². The van der Waals surface area contributed by atoms with Gasteiger partial charge >= 0.3 is 7.12 Å². The molecule has 3 nitrogen and oxygen atoms in total. The summed E-state index contributed by atoms with van der Waals surface area (Å²) in [5.74, 6) is 0. The Morgan fingerprint density at radius 2 is 2.14 bits per heavy atom. The number of halogens is 1. The van der Waals surface area contributed by atoms with Gasteiger partial charge < -0.3 is 9.31 Å². The highest BCUT2D eigenvalue weighted by atomic mass is 79.9. The maximum atomic E-state index is 5.62. The van der Waals surface area contributed by atoms with Crippen LogP contribution in [0.15, 0.2) is 10.1 Å². The molecule has 0 radical (unpaired) electrons. The van der Waals surface area contributed by atoms with E-state index in [1.54, 1.807) is 17.5 Å². The Labute approximate surface area is 96.1 Å². The average molecular weight is 276 g/mol. The lowest BCUT2D eigenvalue weighted by Crippen LogP contribution is -2.46. The Hall–Kier alpha value is 0.0949. The number of rotatable bonds is 1. The lowest BCUT2D eigenvalue weighted by molar-refractivity contribution is 0.0346. The quantitative estimate of drug-likeness (QED) is 0.731. The van der Waals surface area contributed by atoms with E-state index >= 15 is 0 Å². The third-order valence-electron chi connectivity index (χ3n) is 1.98. The zero-order valence-electron chi connectivity index (χ0n) is 8.12. The largest absolute Gasteiger partial charge is 0.506 e. The highest BCUT2D eigenvalue weighted by Crippen LogP contribution is 2.22. The summed E-state index contributed by atoms with van der Waals surface area (Å²) in [4.78, 5) is 4.10.